The van der Waals surface area contributed by atoms with Gasteiger partial charge in [0.2, 0.25) is 0 Å². The lowest BCUT2D eigenvalue weighted by Gasteiger charge is -2.36. The minimum Gasteiger partial charge on any atom is -0.364 e. The lowest BCUT2D eigenvalue weighted by Crippen LogP contribution is -2.28. The fraction of sp³-hybridized carbons (Fsp3) is 0.310. The van der Waals surface area contributed by atoms with Crippen LogP contribution in [0.2, 0.25) is 0 Å². The molecule has 0 amide bonds. The summed E-state index contributed by atoms with van der Waals surface area (Å²) in [6.45, 7) is 10.9. The molecule has 3 nitrogen and oxygen atoms in total. The molecule has 1 aromatic heterocycles. The van der Waals surface area contributed by atoms with Gasteiger partial charge in [-0.3, -0.25) is 0 Å². The number of H-pyrrole nitrogens is 1. The van der Waals surface area contributed by atoms with Gasteiger partial charge in [0.15, 0.2) is 0 Å². The van der Waals surface area contributed by atoms with E-state index >= 15 is 0 Å². The van der Waals surface area contributed by atoms with Crippen LogP contribution < -0.4 is 0 Å². The number of hydrogen-bond donors (Lipinski definition) is 1. The van der Waals surface area contributed by atoms with Crippen LogP contribution in [0.4, 0.5) is 4.39 Å². The summed E-state index contributed by atoms with van der Waals surface area (Å²) < 4.78 is 14.0. The second-order valence-electron chi connectivity index (χ2n) is 9.62. The highest BCUT2D eigenvalue weighted by Gasteiger charge is 2.45. The minimum absolute atomic E-state index is 0.0578. The van der Waals surface area contributed by atoms with Crippen LogP contribution in [0.1, 0.15) is 68.3 Å². The number of allylic oxidation sites excluding steroid dienone is 1. The molecule has 3 aromatic rings. The quantitative estimate of drug-likeness (QED) is 0.395. The van der Waals surface area contributed by atoms with Crippen molar-refractivity contribution in [2.24, 2.45) is 0 Å². The molecule has 0 bridgehead atoms. The highest BCUT2D eigenvalue weighted by Crippen LogP contribution is 2.49. The highest BCUT2D eigenvalue weighted by molar-refractivity contribution is 5.66. The first-order valence-electron chi connectivity index (χ1n) is 11.3. The average Bonchev–Trinajstić information content (AvgIpc) is 3.45. The van der Waals surface area contributed by atoms with Crippen molar-refractivity contribution in [1.29, 1.82) is 10.5 Å². The predicted molar refractivity (Wildman–Crippen MR) is 129 cm³/mol. The average molecular weight is 438 g/mol. The number of halogens is 1. The van der Waals surface area contributed by atoms with Gasteiger partial charge >= 0.3 is 0 Å². The van der Waals surface area contributed by atoms with Gasteiger partial charge in [0.25, 0.3) is 0 Å². The molecule has 0 radical (unpaired) electrons. The number of nitrogens with one attached hydrogen (secondary N) is 1. The fourth-order valence-electron chi connectivity index (χ4n) is 4.86. The van der Waals surface area contributed by atoms with Crippen molar-refractivity contribution in [2.75, 3.05) is 0 Å². The van der Waals surface area contributed by atoms with Crippen LogP contribution in [0.5, 0.6) is 0 Å². The molecule has 1 aliphatic rings. The molecule has 4 heteroatoms. The number of nitrogens with zero attached hydrogens (tertiary/aromatic N) is 2. The van der Waals surface area contributed by atoms with Gasteiger partial charge in [-0.2, -0.15) is 10.5 Å². The molecule has 1 unspecified atom stereocenters. The number of aromatic nitrogens is 1. The van der Waals surface area contributed by atoms with Crippen molar-refractivity contribution in [3.05, 3.63) is 95.1 Å². The Morgan fingerprint density at radius 2 is 1.82 bits per heavy atom. The van der Waals surface area contributed by atoms with Gasteiger partial charge in [-0.1, -0.05) is 57.2 Å². The molecule has 0 saturated heterocycles. The summed E-state index contributed by atoms with van der Waals surface area (Å²) in [5.74, 6) is -0.364. The van der Waals surface area contributed by atoms with Crippen LogP contribution in [0.25, 0.3) is 11.1 Å². The SMILES string of the molecule is C=C(CC)C(c1ccc(C2(C#N)CC2)cc1)C(C)(C)c1cc(-c2cc(F)cc(C#N)c2)c[nH]1. The molecule has 1 N–H and O–H groups in total. The maximum atomic E-state index is 14.0. The summed E-state index contributed by atoms with van der Waals surface area (Å²) in [5.41, 5.74) is 5.60. The Bertz CT molecular complexity index is 1280. The van der Waals surface area contributed by atoms with E-state index in [4.69, 9.17) is 0 Å². The van der Waals surface area contributed by atoms with Gasteiger partial charge in [0.05, 0.1) is 23.1 Å². The highest BCUT2D eigenvalue weighted by atomic mass is 19.1. The molecular weight excluding hydrogens is 409 g/mol. The van der Waals surface area contributed by atoms with Gasteiger partial charge in [0.1, 0.15) is 5.82 Å². The first kappa shape index (κ1) is 22.6. The van der Waals surface area contributed by atoms with E-state index < -0.39 is 5.82 Å². The van der Waals surface area contributed by atoms with E-state index in [9.17, 15) is 14.9 Å². The lowest BCUT2D eigenvalue weighted by molar-refractivity contribution is 0.437. The molecule has 2 aromatic carbocycles. The van der Waals surface area contributed by atoms with Crippen molar-refractivity contribution in [1.82, 2.24) is 4.98 Å². The lowest BCUT2D eigenvalue weighted by atomic mass is 9.68. The third kappa shape index (κ3) is 4.10. The Labute approximate surface area is 195 Å². The molecule has 1 aliphatic carbocycles. The van der Waals surface area contributed by atoms with Crippen molar-refractivity contribution >= 4 is 0 Å². The van der Waals surface area contributed by atoms with E-state index in [1.807, 2.05) is 18.3 Å². The Balaban J connectivity index is 1.70. The van der Waals surface area contributed by atoms with Crippen molar-refractivity contribution in [3.63, 3.8) is 0 Å². The molecule has 33 heavy (non-hydrogen) atoms. The summed E-state index contributed by atoms with van der Waals surface area (Å²) in [4.78, 5) is 3.40. The summed E-state index contributed by atoms with van der Waals surface area (Å²) in [5, 5.41) is 18.7. The normalized spacial score (nSPS) is 15.3. The Morgan fingerprint density at radius 1 is 1.12 bits per heavy atom. The van der Waals surface area contributed by atoms with Crippen LogP contribution in [0, 0.1) is 28.5 Å². The van der Waals surface area contributed by atoms with E-state index in [2.05, 4.69) is 62.7 Å². The first-order valence-corrected chi connectivity index (χ1v) is 11.3. The van der Waals surface area contributed by atoms with E-state index in [-0.39, 0.29) is 16.7 Å². The number of benzene rings is 2. The molecule has 1 atom stereocenters. The summed E-state index contributed by atoms with van der Waals surface area (Å²) in [7, 11) is 0. The number of nitriles is 2. The summed E-state index contributed by atoms with van der Waals surface area (Å²) in [6.07, 6.45) is 4.57. The molecule has 0 aliphatic heterocycles. The van der Waals surface area contributed by atoms with Crippen LogP contribution in [-0.4, -0.2) is 4.98 Å². The monoisotopic (exact) mass is 437 g/mol. The van der Waals surface area contributed by atoms with Crippen LogP contribution in [-0.2, 0) is 10.8 Å². The Kier molecular flexibility index (Phi) is 5.73. The number of rotatable bonds is 7. The third-order valence-electron chi connectivity index (χ3n) is 7.08. The minimum atomic E-state index is -0.422. The second-order valence-corrected chi connectivity index (χ2v) is 9.62. The Hall–Kier alpha value is -3.63. The van der Waals surface area contributed by atoms with Crippen LogP contribution >= 0.6 is 0 Å². The number of aromatic amines is 1. The van der Waals surface area contributed by atoms with E-state index in [1.54, 1.807) is 6.07 Å². The second kappa shape index (κ2) is 8.38. The van der Waals surface area contributed by atoms with E-state index in [0.29, 0.717) is 11.1 Å². The molecule has 0 spiro atoms. The van der Waals surface area contributed by atoms with E-state index in [1.165, 1.54) is 12.1 Å². The standard InChI is InChI=1S/C29H28FN3/c1-5-19(2)27(21-6-8-24(9-7-21)29(18-32)10-11-29)28(3,4)26-15-23(17-33-26)22-12-20(16-31)13-25(30)14-22/h6-9,12-15,17,27,33H,2,5,10-11H2,1,3-4H3. The molecule has 1 saturated carbocycles. The van der Waals surface area contributed by atoms with Gasteiger partial charge in [-0.05, 0) is 65.8 Å². The zero-order valence-corrected chi connectivity index (χ0v) is 19.4. The zero-order valence-electron chi connectivity index (χ0n) is 19.4. The van der Waals surface area contributed by atoms with Gasteiger partial charge in [0, 0.05) is 23.2 Å². The van der Waals surface area contributed by atoms with Gasteiger partial charge < -0.3 is 4.98 Å². The number of hydrogen-bond acceptors (Lipinski definition) is 2. The van der Waals surface area contributed by atoms with Crippen LogP contribution in [0.15, 0.2) is 66.9 Å². The van der Waals surface area contributed by atoms with Crippen molar-refractivity contribution < 1.29 is 4.39 Å². The van der Waals surface area contributed by atoms with Gasteiger partial charge in [-0.15, -0.1) is 0 Å². The van der Waals surface area contributed by atoms with Crippen molar-refractivity contribution in [2.45, 2.75) is 56.8 Å². The molecule has 1 fully saturated rings. The molecular formula is C29H28FN3. The molecule has 4 rings (SSSR count). The smallest absolute Gasteiger partial charge is 0.125 e. The third-order valence-corrected chi connectivity index (χ3v) is 7.08. The zero-order chi connectivity index (χ0) is 23.8. The van der Waals surface area contributed by atoms with E-state index in [0.717, 1.165) is 47.2 Å². The maximum absolute atomic E-state index is 14.0. The largest absolute Gasteiger partial charge is 0.364 e. The molecule has 166 valence electrons. The topological polar surface area (TPSA) is 63.4 Å². The fourth-order valence-corrected chi connectivity index (χ4v) is 4.86. The Morgan fingerprint density at radius 3 is 2.39 bits per heavy atom. The maximum Gasteiger partial charge on any atom is 0.125 e. The molecule has 1 heterocycles. The van der Waals surface area contributed by atoms with Crippen molar-refractivity contribution in [3.8, 4) is 23.3 Å². The first-order chi connectivity index (χ1) is 15.7. The predicted octanol–water partition coefficient (Wildman–Crippen LogP) is 7.28. The summed E-state index contributed by atoms with van der Waals surface area (Å²) in [6, 6.07) is 19.4. The van der Waals surface area contributed by atoms with Gasteiger partial charge in [-0.25, -0.2) is 4.39 Å². The van der Waals surface area contributed by atoms with Crippen LogP contribution in [0.3, 0.4) is 0 Å². The summed E-state index contributed by atoms with van der Waals surface area (Å²) >= 11 is 0.